The second kappa shape index (κ2) is 8.24. The molecule has 6 heteroatoms. The molecule has 0 spiro atoms. The molecule has 0 aliphatic rings. The lowest BCUT2D eigenvalue weighted by molar-refractivity contribution is 0.0980. The number of hydrogen-bond donors (Lipinski definition) is 0. The topological polar surface area (TPSA) is 69.7 Å². The molecule has 0 saturated carbocycles. The zero-order chi connectivity index (χ0) is 19.4. The molecule has 0 N–H and O–H groups in total. The molecule has 137 valence electrons. The molecule has 0 heterocycles. The highest BCUT2D eigenvalue weighted by atomic mass is 31.1. The molecule has 2 rings (SSSR count). The van der Waals surface area contributed by atoms with Crippen molar-refractivity contribution in [3.05, 3.63) is 58.7 Å². The molecule has 0 aromatic heterocycles. The van der Waals surface area contributed by atoms with E-state index in [1.54, 1.807) is 18.2 Å². The molecule has 5 nitrogen and oxygen atoms in total. The molecule has 0 bridgehead atoms. The standard InChI is InChI=1S/C20H22O5P/c1-12-8-6-9-13(2)17(12)19(21)14(3)26(23)20(22)18-15(24-4)10-7-11-16(18)25-5/h6-11,14H,1-5H3. The Bertz CT molecular complexity index is 830. The summed E-state index contributed by atoms with van der Waals surface area (Å²) in [5.74, 6) is 0.234. The summed E-state index contributed by atoms with van der Waals surface area (Å²) in [5.41, 5.74) is 0.608. The van der Waals surface area contributed by atoms with Crippen LogP contribution in [0.3, 0.4) is 0 Å². The van der Waals surface area contributed by atoms with Gasteiger partial charge in [0.2, 0.25) is 5.52 Å². The molecule has 2 atom stereocenters. The third kappa shape index (κ3) is 3.68. The second-order valence-electron chi connectivity index (χ2n) is 5.98. The van der Waals surface area contributed by atoms with E-state index in [9.17, 15) is 14.2 Å². The van der Waals surface area contributed by atoms with Crippen molar-refractivity contribution in [2.75, 3.05) is 14.2 Å². The molecule has 0 fully saturated rings. The molecule has 1 radical (unpaired) electrons. The van der Waals surface area contributed by atoms with Crippen LogP contribution in [-0.2, 0) is 4.57 Å². The number of ketones is 1. The van der Waals surface area contributed by atoms with E-state index in [0.717, 1.165) is 11.1 Å². The third-order valence-electron chi connectivity index (χ3n) is 4.30. The number of benzene rings is 2. The number of carbonyl (C=O) groups excluding carboxylic acids is 2. The van der Waals surface area contributed by atoms with Crippen LogP contribution in [0, 0.1) is 13.8 Å². The Balaban J connectivity index is 2.40. The first-order valence-corrected chi connectivity index (χ1v) is 9.48. The van der Waals surface area contributed by atoms with Gasteiger partial charge in [0.15, 0.2) is 13.6 Å². The van der Waals surface area contributed by atoms with E-state index >= 15 is 0 Å². The number of methoxy groups -OCH3 is 2. The van der Waals surface area contributed by atoms with Gasteiger partial charge in [0.1, 0.15) is 17.1 Å². The molecule has 0 aliphatic carbocycles. The first-order chi connectivity index (χ1) is 12.3. The van der Waals surface area contributed by atoms with Crippen LogP contribution in [0.25, 0.3) is 0 Å². The van der Waals surface area contributed by atoms with Crippen LogP contribution in [-0.4, -0.2) is 31.2 Å². The number of ether oxygens (including phenoxy) is 2. The largest absolute Gasteiger partial charge is 0.496 e. The van der Waals surface area contributed by atoms with E-state index in [2.05, 4.69) is 0 Å². The molecule has 0 amide bonds. The number of carbonyl (C=O) groups is 2. The zero-order valence-corrected chi connectivity index (χ0v) is 16.4. The fraction of sp³-hybridized carbons (Fsp3) is 0.300. The van der Waals surface area contributed by atoms with E-state index in [1.807, 2.05) is 32.0 Å². The van der Waals surface area contributed by atoms with Gasteiger partial charge in [0, 0.05) is 5.56 Å². The average molecular weight is 373 g/mol. The van der Waals surface area contributed by atoms with Gasteiger partial charge in [-0.25, -0.2) is 0 Å². The Morgan fingerprint density at radius 3 is 1.81 bits per heavy atom. The Labute approximate surface area is 154 Å². The summed E-state index contributed by atoms with van der Waals surface area (Å²) in [6.45, 7) is 5.17. The summed E-state index contributed by atoms with van der Waals surface area (Å²) < 4.78 is 23.3. The lowest BCUT2D eigenvalue weighted by Gasteiger charge is -2.15. The van der Waals surface area contributed by atoms with Gasteiger partial charge in [-0.3, -0.25) is 14.2 Å². The minimum absolute atomic E-state index is 0.0970. The number of aryl methyl sites for hydroxylation is 2. The quantitative estimate of drug-likeness (QED) is 0.526. The van der Waals surface area contributed by atoms with Gasteiger partial charge >= 0.3 is 0 Å². The van der Waals surface area contributed by atoms with E-state index in [0.29, 0.717) is 5.56 Å². The van der Waals surface area contributed by atoms with E-state index in [-0.39, 0.29) is 22.8 Å². The monoisotopic (exact) mass is 373 g/mol. The molecule has 0 aliphatic heterocycles. The van der Waals surface area contributed by atoms with Crippen LogP contribution in [0.4, 0.5) is 0 Å². The fourth-order valence-corrected chi connectivity index (χ4v) is 4.00. The van der Waals surface area contributed by atoms with E-state index < -0.39 is 19.0 Å². The van der Waals surface area contributed by atoms with Crippen molar-refractivity contribution in [2.24, 2.45) is 0 Å². The van der Waals surface area contributed by atoms with Crippen LogP contribution in [0.1, 0.15) is 38.8 Å². The molecule has 26 heavy (non-hydrogen) atoms. The predicted molar refractivity (Wildman–Crippen MR) is 101 cm³/mol. The van der Waals surface area contributed by atoms with Gasteiger partial charge < -0.3 is 9.47 Å². The Morgan fingerprint density at radius 1 is 0.885 bits per heavy atom. The fourth-order valence-electron chi connectivity index (χ4n) is 2.87. The SMILES string of the molecule is COc1cccc(OC)c1C(=O)[P](=O)C(C)C(=O)c1c(C)cccc1C. The van der Waals surface area contributed by atoms with Crippen molar-refractivity contribution in [3.63, 3.8) is 0 Å². The van der Waals surface area contributed by atoms with E-state index in [1.165, 1.54) is 21.1 Å². The first-order valence-electron chi connectivity index (χ1n) is 8.15. The van der Waals surface area contributed by atoms with Crippen molar-refractivity contribution >= 4 is 19.1 Å². The molecule has 0 saturated heterocycles. The van der Waals surface area contributed by atoms with Crippen molar-refractivity contribution in [1.82, 2.24) is 0 Å². The number of rotatable bonds is 7. The van der Waals surface area contributed by atoms with Gasteiger partial charge in [-0.2, -0.15) is 0 Å². The van der Waals surface area contributed by atoms with Crippen LogP contribution in [0.5, 0.6) is 11.5 Å². The minimum atomic E-state index is -2.51. The van der Waals surface area contributed by atoms with Crippen LogP contribution < -0.4 is 9.47 Å². The molecular weight excluding hydrogens is 351 g/mol. The van der Waals surface area contributed by atoms with Gasteiger partial charge in [-0.1, -0.05) is 24.3 Å². The van der Waals surface area contributed by atoms with Crippen molar-refractivity contribution < 1.29 is 23.6 Å². The molecular formula is C20H22O5P. The number of Topliss-reactive ketones (excluding diaryl/α,β-unsaturated/α-hetero) is 1. The summed E-state index contributed by atoms with van der Waals surface area (Å²) in [6, 6.07) is 10.4. The highest BCUT2D eigenvalue weighted by Gasteiger charge is 2.32. The Kier molecular flexibility index (Phi) is 6.27. The summed E-state index contributed by atoms with van der Waals surface area (Å²) in [7, 11) is 0.332. The molecule has 2 aromatic rings. The van der Waals surface area contributed by atoms with E-state index in [4.69, 9.17) is 9.47 Å². The van der Waals surface area contributed by atoms with Gasteiger partial charge in [0.25, 0.3) is 0 Å². The number of hydrogen-bond acceptors (Lipinski definition) is 5. The average Bonchev–Trinajstić information content (AvgIpc) is 2.65. The third-order valence-corrected chi connectivity index (χ3v) is 5.86. The summed E-state index contributed by atoms with van der Waals surface area (Å²) in [4.78, 5) is 25.7. The van der Waals surface area contributed by atoms with Gasteiger partial charge in [-0.05, 0) is 44.0 Å². The lowest BCUT2D eigenvalue weighted by Crippen LogP contribution is -2.19. The van der Waals surface area contributed by atoms with Gasteiger partial charge in [0.05, 0.1) is 19.9 Å². The van der Waals surface area contributed by atoms with Crippen molar-refractivity contribution in [1.29, 1.82) is 0 Å². The maximum atomic E-state index is 12.9. The molecule has 2 unspecified atom stereocenters. The second-order valence-corrected chi connectivity index (χ2v) is 7.81. The lowest BCUT2D eigenvalue weighted by atomic mass is 9.98. The summed E-state index contributed by atoms with van der Waals surface area (Å²) in [5, 5.41) is 0. The van der Waals surface area contributed by atoms with Crippen LogP contribution >= 0.6 is 7.80 Å². The Morgan fingerprint density at radius 2 is 1.35 bits per heavy atom. The highest BCUT2D eigenvalue weighted by molar-refractivity contribution is 7.66. The van der Waals surface area contributed by atoms with Crippen molar-refractivity contribution in [2.45, 2.75) is 26.4 Å². The smallest absolute Gasteiger partial charge is 0.250 e. The maximum Gasteiger partial charge on any atom is 0.250 e. The normalized spacial score (nSPS) is 12.3. The summed E-state index contributed by atoms with van der Waals surface area (Å²) >= 11 is 0. The van der Waals surface area contributed by atoms with Crippen LogP contribution in [0.2, 0.25) is 0 Å². The zero-order valence-electron chi connectivity index (χ0n) is 15.5. The first kappa shape index (κ1) is 19.8. The van der Waals surface area contributed by atoms with Crippen LogP contribution in [0.15, 0.2) is 36.4 Å². The summed E-state index contributed by atoms with van der Waals surface area (Å²) in [6.07, 6.45) is 0. The minimum Gasteiger partial charge on any atom is -0.496 e. The molecule has 2 aromatic carbocycles. The van der Waals surface area contributed by atoms with Crippen molar-refractivity contribution in [3.8, 4) is 11.5 Å². The Hall–Kier alpha value is -2.52. The predicted octanol–water partition coefficient (Wildman–Crippen LogP) is 4.56. The highest BCUT2D eigenvalue weighted by Crippen LogP contribution is 2.41. The van der Waals surface area contributed by atoms with Gasteiger partial charge in [-0.15, -0.1) is 0 Å². The maximum absolute atomic E-state index is 12.9.